The molecule has 0 atom stereocenters. The second kappa shape index (κ2) is 12.2. The van der Waals surface area contributed by atoms with Crippen LogP contribution in [0.1, 0.15) is 15.9 Å². The first-order chi connectivity index (χ1) is 17.0. The van der Waals surface area contributed by atoms with E-state index in [9.17, 15) is 9.59 Å². The van der Waals surface area contributed by atoms with Crippen molar-refractivity contribution >= 4 is 57.7 Å². The third-order valence-electron chi connectivity index (χ3n) is 5.50. The number of para-hydroxylation sites is 1. The van der Waals surface area contributed by atoms with E-state index >= 15 is 0 Å². The molecular weight excluding hydrogens is 501 g/mol. The first kappa shape index (κ1) is 25.2. The molecule has 1 heterocycles. The molecular formula is C27H25Cl2N3O2S. The topological polar surface area (TPSA) is 63.1 Å². The second-order valence-corrected chi connectivity index (χ2v) is 9.82. The van der Waals surface area contributed by atoms with Crippen molar-refractivity contribution in [3.8, 4) is 0 Å². The van der Waals surface area contributed by atoms with Gasteiger partial charge < -0.3 is 15.2 Å². The van der Waals surface area contributed by atoms with Crippen LogP contribution in [-0.4, -0.2) is 35.2 Å². The Bertz CT molecular complexity index is 1320. The molecule has 0 saturated heterocycles. The van der Waals surface area contributed by atoms with E-state index < -0.39 is 0 Å². The van der Waals surface area contributed by atoms with Crippen LogP contribution in [0.5, 0.6) is 0 Å². The normalized spacial score (nSPS) is 10.9. The lowest BCUT2D eigenvalue weighted by Crippen LogP contribution is -2.27. The highest BCUT2D eigenvalue weighted by molar-refractivity contribution is 8.00. The number of thioether (sulfide) groups is 1. The molecule has 4 aromatic rings. The van der Waals surface area contributed by atoms with Crippen LogP contribution in [0.25, 0.3) is 10.9 Å². The van der Waals surface area contributed by atoms with E-state index in [1.54, 1.807) is 18.2 Å². The molecule has 0 aliphatic carbocycles. The summed E-state index contributed by atoms with van der Waals surface area (Å²) in [5.74, 6) is 0.106. The molecule has 2 N–H and O–H groups in total. The molecule has 4 rings (SSSR count). The van der Waals surface area contributed by atoms with Crippen molar-refractivity contribution in [3.05, 3.63) is 100 Å². The van der Waals surface area contributed by atoms with E-state index in [2.05, 4.69) is 27.3 Å². The first-order valence-corrected chi connectivity index (χ1v) is 13.0. The number of rotatable bonds is 10. The number of nitrogens with one attached hydrogen (secondary N) is 2. The summed E-state index contributed by atoms with van der Waals surface area (Å²) in [6.07, 6.45) is 2.84. The summed E-state index contributed by atoms with van der Waals surface area (Å²) in [4.78, 5) is 25.9. The highest BCUT2D eigenvalue weighted by Crippen LogP contribution is 2.30. The molecule has 3 aromatic carbocycles. The van der Waals surface area contributed by atoms with Gasteiger partial charge >= 0.3 is 0 Å². The van der Waals surface area contributed by atoms with E-state index in [0.29, 0.717) is 41.0 Å². The van der Waals surface area contributed by atoms with Gasteiger partial charge in [-0.1, -0.05) is 71.7 Å². The Morgan fingerprint density at radius 1 is 0.886 bits per heavy atom. The van der Waals surface area contributed by atoms with E-state index in [4.69, 9.17) is 23.2 Å². The van der Waals surface area contributed by atoms with Crippen molar-refractivity contribution in [1.82, 2.24) is 15.2 Å². The predicted molar refractivity (Wildman–Crippen MR) is 145 cm³/mol. The molecule has 35 heavy (non-hydrogen) atoms. The van der Waals surface area contributed by atoms with Crippen LogP contribution in [-0.2, 0) is 17.8 Å². The lowest BCUT2D eigenvalue weighted by Gasteiger charge is -2.09. The lowest BCUT2D eigenvalue weighted by molar-refractivity contribution is -0.118. The Labute approximate surface area is 218 Å². The average Bonchev–Trinajstić information content (AvgIpc) is 3.21. The van der Waals surface area contributed by atoms with Crippen molar-refractivity contribution in [3.63, 3.8) is 0 Å². The summed E-state index contributed by atoms with van der Waals surface area (Å²) in [6.45, 7) is 1.63. The number of amides is 2. The molecule has 180 valence electrons. The van der Waals surface area contributed by atoms with E-state index in [0.717, 1.165) is 22.2 Å². The standard InChI is InChI=1S/C27H25Cl2N3O2S/c28-20-10-11-21(23(29)16-20)27(34)31-14-15-32-17-25(22-8-4-5-9-24(22)32)35-18-26(33)30-13-12-19-6-2-1-3-7-19/h1-11,16-17H,12-15,18H2,(H,30,33)(H,31,34). The molecule has 0 radical (unpaired) electrons. The zero-order chi connectivity index (χ0) is 24.6. The maximum atomic E-state index is 12.5. The number of carbonyl (C=O) groups is 2. The summed E-state index contributed by atoms with van der Waals surface area (Å²) in [6, 6.07) is 23.0. The monoisotopic (exact) mass is 525 g/mol. The fourth-order valence-electron chi connectivity index (χ4n) is 3.76. The number of aromatic nitrogens is 1. The largest absolute Gasteiger partial charge is 0.355 e. The summed E-state index contributed by atoms with van der Waals surface area (Å²) < 4.78 is 2.09. The lowest BCUT2D eigenvalue weighted by atomic mass is 10.1. The number of hydrogen-bond acceptors (Lipinski definition) is 3. The van der Waals surface area contributed by atoms with Crippen molar-refractivity contribution < 1.29 is 9.59 Å². The van der Waals surface area contributed by atoms with Crippen molar-refractivity contribution in [2.45, 2.75) is 17.9 Å². The molecule has 0 fully saturated rings. The van der Waals surface area contributed by atoms with E-state index in [1.807, 2.05) is 48.7 Å². The van der Waals surface area contributed by atoms with Gasteiger partial charge in [0.15, 0.2) is 0 Å². The fraction of sp³-hybridized carbons (Fsp3) is 0.185. The van der Waals surface area contributed by atoms with Crippen LogP contribution in [0.3, 0.4) is 0 Å². The van der Waals surface area contributed by atoms with Gasteiger partial charge in [-0.3, -0.25) is 9.59 Å². The van der Waals surface area contributed by atoms with Gasteiger partial charge in [0.05, 0.1) is 16.3 Å². The van der Waals surface area contributed by atoms with Crippen molar-refractivity contribution in [1.29, 1.82) is 0 Å². The third kappa shape index (κ3) is 6.82. The van der Waals surface area contributed by atoms with Gasteiger partial charge in [0.25, 0.3) is 5.91 Å². The maximum absolute atomic E-state index is 12.5. The van der Waals surface area contributed by atoms with Crippen molar-refractivity contribution in [2.24, 2.45) is 0 Å². The van der Waals surface area contributed by atoms with Gasteiger partial charge in [0.1, 0.15) is 0 Å². The van der Waals surface area contributed by atoms with Gasteiger partial charge in [-0.15, -0.1) is 11.8 Å². The fourth-order valence-corrected chi connectivity index (χ4v) is 5.17. The highest BCUT2D eigenvalue weighted by atomic mass is 35.5. The van der Waals surface area contributed by atoms with Crippen LogP contribution in [0.4, 0.5) is 0 Å². The maximum Gasteiger partial charge on any atom is 0.252 e. The Morgan fingerprint density at radius 2 is 1.66 bits per heavy atom. The Balaban J connectivity index is 1.32. The zero-order valence-electron chi connectivity index (χ0n) is 19.0. The number of halogens is 2. The van der Waals surface area contributed by atoms with Gasteiger partial charge in [0.2, 0.25) is 5.91 Å². The number of benzene rings is 3. The van der Waals surface area contributed by atoms with Crippen LogP contribution < -0.4 is 10.6 Å². The molecule has 0 saturated carbocycles. The molecule has 0 bridgehead atoms. The molecule has 8 heteroatoms. The number of hydrogen-bond donors (Lipinski definition) is 2. The summed E-state index contributed by atoms with van der Waals surface area (Å²) in [7, 11) is 0. The SMILES string of the molecule is O=C(CSc1cn(CCNC(=O)c2ccc(Cl)cc2Cl)c2ccccc12)NCCc1ccccc1. The summed E-state index contributed by atoms with van der Waals surface area (Å²) >= 11 is 13.6. The Morgan fingerprint density at radius 3 is 2.46 bits per heavy atom. The molecule has 0 unspecified atom stereocenters. The van der Waals surface area contributed by atoms with Gasteiger partial charge in [0, 0.05) is 46.7 Å². The molecule has 5 nitrogen and oxygen atoms in total. The van der Waals surface area contributed by atoms with Crippen LogP contribution >= 0.6 is 35.0 Å². The van der Waals surface area contributed by atoms with Crippen LogP contribution in [0.2, 0.25) is 10.0 Å². The van der Waals surface area contributed by atoms with Crippen molar-refractivity contribution in [2.75, 3.05) is 18.8 Å². The highest BCUT2D eigenvalue weighted by Gasteiger charge is 2.13. The number of nitrogens with zero attached hydrogens (tertiary/aromatic N) is 1. The van der Waals surface area contributed by atoms with Gasteiger partial charge in [-0.2, -0.15) is 0 Å². The average molecular weight is 526 g/mol. The molecule has 1 aromatic heterocycles. The third-order valence-corrected chi connectivity index (χ3v) is 7.09. The van der Waals surface area contributed by atoms with E-state index in [-0.39, 0.29) is 11.8 Å². The smallest absolute Gasteiger partial charge is 0.252 e. The molecule has 2 amide bonds. The van der Waals surface area contributed by atoms with Crippen LogP contribution in [0, 0.1) is 0 Å². The zero-order valence-corrected chi connectivity index (χ0v) is 21.3. The molecule has 0 spiro atoms. The van der Waals surface area contributed by atoms with Crippen LogP contribution in [0.15, 0.2) is 83.9 Å². The summed E-state index contributed by atoms with van der Waals surface area (Å²) in [5, 5.41) is 7.80. The minimum Gasteiger partial charge on any atom is -0.355 e. The van der Waals surface area contributed by atoms with E-state index in [1.165, 1.54) is 17.3 Å². The Kier molecular flexibility index (Phi) is 8.74. The Hall–Kier alpha value is -2.93. The second-order valence-electron chi connectivity index (χ2n) is 7.96. The molecule has 0 aliphatic heterocycles. The first-order valence-electron chi connectivity index (χ1n) is 11.3. The number of fused-ring (bicyclic) bond motifs is 1. The van der Waals surface area contributed by atoms with Gasteiger partial charge in [-0.05, 0) is 36.2 Å². The number of carbonyl (C=O) groups excluding carboxylic acids is 2. The quantitative estimate of drug-likeness (QED) is 0.256. The predicted octanol–water partition coefficient (Wildman–Crippen LogP) is 5.83. The minimum atomic E-state index is -0.245. The molecule has 0 aliphatic rings. The van der Waals surface area contributed by atoms with Gasteiger partial charge in [-0.25, -0.2) is 0 Å². The summed E-state index contributed by atoms with van der Waals surface area (Å²) in [5.41, 5.74) is 2.65. The minimum absolute atomic E-state index is 0.00914.